The molecule has 0 aliphatic carbocycles. The molecule has 2 aliphatic heterocycles. The Kier molecular flexibility index (Phi) is 5.04. The van der Waals surface area contributed by atoms with Crippen LogP contribution in [0.1, 0.15) is 25.0 Å². The van der Waals surface area contributed by atoms with Crippen LogP contribution < -0.4 is 4.74 Å². The Morgan fingerprint density at radius 1 is 1.10 bits per heavy atom. The van der Waals surface area contributed by atoms with Crippen molar-refractivity contribution in [2.24, 2.45) is 10.4 Å². The molecule has 6 nitrogen and oxygen atoms in total. The van der Waals surface area contributed by atoms with Crippen LogP contribution in [0.5, 0.6) is 11.5 Å². The SMILES string of the molecule is Cc1ccc2c(c1)Oc1ccccc1C(N1CCN(CC(C)(C)C(=O)O)CC1)=N2. The van der Waals surface area contributed by atoms with Crippen molar-refractivity contribution in [3.05, 3.63) is 53.6 Å². The van der Waals surface area contributed by atoms with E-state index in [4.69, 9.17) is 9.73 Å². The molecular weight excluding hydrogens is 366 g/mol. The van der Waals surface area contributed by atoms with Gasteiger partial charge in [0.05, 0.1) is 11.0 Å². The molecular formula is C23H27N3O3. The third-order valence-electron chi connectivity index (χ3n) is 5.56. The largest absolute Gasteiger partial charge is 0.481 e. The van der Waals surface area contributed by atoms with Gasteiger partial charge in [0, 0.05) is 32.7 Å². The molecule has 0 unspecified atom stereocenters. The maximum absolute atomic E-state index is 11.5. The summed E-state index contributed by atoms with van der Waals surface area (Å²) in [6.45, 7) is 9.35. The zero-order chi connectivity index (χ0) is 20.6. The van der Waals surface area contributed by atoms with E-state index in [1.165, 1.54) is 0 Å². The molecule has 29 heavy (non-hydrogen) atoms. The lowest BCUT2D eigenvalue weighted by Gasteiger charge is -2.38. The summed E-state index contributed by atoms with van der Waals surface area (Å²) in [6, 6.07) is 14.1. The summed E-state index contributed by atoms with van der Waals surface area (Å²) in [7, 11) is 0. The number of aliphatic imine (C=N–C) groups is 1. The number of aliphatic carboxylic acids is 1. The van der Waals surface area contributed by atoms with Crippen molar-refractivity contribution in [2.75, 3.05) is 32.7 Å². The summed E-state index contributed by atoms with van der Waals surface area (Å²) >= 11 is 0. The summed E-state index contributed by atoms with van der Waals surface area (Å²) in [4.78, 5) is 20.9. The normalized spacial score (nSPS) is 16.9. The van der Waals surface area contributed by atoms with E-state index in [1.807, 2.05) is 49.4 Å². The molecule has 2 aromatic carbocycles. The molecule has 2 aromatic rings. The average molecular weight is 393 g/mol. The van der Waals surface area contributed by atoms with Gasteiger partial charge in [-0.3, -0.25) is 9.69 Å². The summed E-state index contributed by atoms with van der Waals surface area (Å²) in [5.41, 5.74) is 2.20. The van der Waals surface area contributed by atoms with Gasteiger partial charge in [-0.25, -0.2) is 4.99 Å². The molecule has 1 fully saturated rings. The molecule has 152 valence electrons. The third kappa shape index (κ3) is 3.98. The minimum atomic E-state index is -0.758. The standard InChI is InChI=1S/C23H27N3O3/c1-16-8-9-18-20(14-16)29-19-7-5-4-6-17(19)21(24-18)26-12-10-25(11-13-26)15-23(2,3)22(27)28/h4-9,14H,10-13,15H2,1-3H3,(H,27,28). The number of piperazine rings is 1. The molecule has 0 bridgehead atoms. The van der Waals surface area contributed by atoms with Crippen molar-refractivity contribution >= 4 is 17.5 Å². The lowest BCUT2D eigenvalue weighted by Crippen LogP contribution is -2.52. The van der Waals surface area contributed by atoms with Gasteiger partial charge >= 0.3 is 5.97 Å². The van der Waals surface area contributed by atoms with Crippen LogP contribution >= 0.6 is 0 Å². The third-order valence-corrected chi connectivity index (χ3v) is 5.56. The highest BCUT2D eigenvalue weighted by atomic mass is 16.5. The smallest absolute Gasteiger partial charge is 0.310 e. The topological polar surface area (TPSA) is 65.4 Å². The Morgan fingerprint density at radius 2 is 1.83 bits per heavy atom. The molecule has 4 rings (SSSR count). The molecule has 0 spiro atoms. The van der Waals surface area contributed by atoms with E-state index in [-0.39, 0.29) is 0 Å². The Balaban J connectivity index is 1.59. The number of amidine groups is 1. The first-order valence-electron chi connectivity index (χ1n) is 10.0. The Bertz CT molecular complexity index is 960. The summed E-state index contributed by atoms with van der Waals surface area (Å²) < 4.78 is 6.20. The number of hydrogen-bond donors (Lipinski definition) is 1. The van der Waals surface area contributed by atoms with E-state index >= 15 is 0 Å². The second-order valence-electron chi connectivity index (χ2n) is 8.46. The number of hydrogen-bond acceptors (Lipinski definition) is 5. The average Bonchev–Trinajstić information content (AvgIpc) is 2.84. The Morgan fingerprint density at radius 3 is 2.55 bits per heavy atom. The van der Waals surface area contributed by atoms with Crippen molar-refractivity contribution in [2.45, 2.75) is 20.8 Å². The molecule has 0 radical (unpaired) electrons. The Hall–Kier alpha value is -2.86. The van der Waals surface area contributed by atoms with Crippen molar-refractivity contribution < 1.29 is 14.6 Å². The fourth-order valence-corrected chi connectivity index (χ4v) is 3.81. The summed E-state index contributed by atoms with van der Waals surface area (Å²) in [5.74, 6) is 1.74. The number of carboxylic acids is 1. The van der Waals surface area contributed by atoms with E-state index in [2.05, 4.69) is 9.80 Å². The van der Waals surface area contributed by atoms with Crippen LogP contribution in [0.15, 0.2) is 47.5 Å². The zero-order valence-electron chi connectivity index (χ0n) is 17.2. The van der Waals surface area contributed by atoms with Gasteiger partial charge in [-0.05, 0) is 50.6 Å². The van der Waals surface area contributed by atoms with Crippen molar-refractivity contribution in [3.8, 4) is 11.5 Å². The van der Waals surface area contributed by atoms with E-state index in [0.29, 0.717) is 6.54 Å². The van der Waals surface area contributed by atoms with Crippen LogP contribution in [-0.2, 0) is 4.79 Å². The van der Waals surface area contributed by atoms with Crippen molar-refractivity contribution in [1.29, 1.82) is 0 Å². The van der Waals surface area contributed by atoms with Crippen LogP contribution in [0.2, 0.25) is 0 Å². The number of benzene rings is 2. The quantitative estimate of drug-likeness (QED) is 0.857. The molecule has 6 heteroatoms. The van der Waals surface area contributed by atoms with E-state index in [1.54, 1.807) is 13.8 Å². The molecule has 1 N–H and O–H groups in total. The first-order valence-corrected chi connectivity index (χ1v) is 10.0. The van der Waals surface area contributed by atoms with E-state index < -0.39 is 11.4 Å². The highest BCUT2D eigenvalue weighted by Gasteiger charge is 2.32. The molecule has 2 heterocycles. The predicted molar refractivity (Wildman–Crippen MR) is 113 cm³/mol. The number of aryl methyl sites for hydroxylation is 1. The van der Waals surface area contributed by atoms with Gasteiger partial charge in [0.25, 0.3) is 0 Å². The molecule has 1 saturated heterocycles. The minimum absolute atomic E-state index is 0.546. The number of ether oxygens (including phenoxy) is 1. The first kappa shape index (κ1) is 19.5. The fraction of sp³-hybridized carbons (Fsp3) is 0.391. The van der Waals surface area contributed by atoms with Gasteiger partial charge in [-0.15, -0.1) is 0 Å². The summed E-state index contributed by atoms with van der Waals surface area (Å²) in [6.07, 6.45) is 0. The van der Waals surface area contributed by atoms with Crippen LogP contribution in [-0.4, -0.2) is 59.4 Å². The second kappa shape index (κ2) is 7.52. The van der Waals surface area contributed by atoms with Gasteiger partial charge in [0.15, 0.2) is 5.75 Å². The molecule has 0 aromatic heterocycles. The number of para-hydroxylation sites is 1. The van der Waals surface area contributed by atoms with Crippen molar-refractivity contribution in [3.63, 3.8) is 0 Å². The lowest BCUT2D eigenvalue weighted by atomic mass is 9.93. The van der Waals surface area contributed by atoms with Crippen LogP contribution in [0, 0.1) is 12.3 Å². The van der Waals surface area contributed by atoms with Gasteiger partial charge in [0.1, 0.15) is 17.3 Å². The highest BCUT2D eigenvalue weighted by Crippen LogP contribution is 2.38. The molecule has 0 amide bonds. The maximum atomic E-state index is 11.5. The Labute approximate surface area is 171 Å². The van der Waals surface area contributed by atoms with E-state index in [0.717, 1.165) is 60.3 Å². The number of fused-ring (bicyclic) bond motifs is 2. The van der Waals surface area contributed by atoms with Crippen LogP contribution in [0.3, 0.4) is 0 Å². The fourth-order valence-electron chi connectivity index (χ4n) is 3.81. The van der Waals surface area contributed by atoms with Gasteiger partial charge in [0.2, 0.25) is 0 Å². The van der Waals surface area contributed by atoms with Crippen molar-refractivity contribution in [1.82, 2.24) is 9.80 Å². The van der Waals surface area contributed by atoms with Gasteiger partial charge in [-0.1, -0.05) is 18.2 Å². The van der Waals surface area contributed by atoms with E-state index in [9.17, 15) is 9.90 Å². The van der Waals surface area contributed by atoms with Crippen LogP contribution in [0.25, 0.3) is 0 Å². The summed E-state index contributed by atoms with van der Waals surface area (Å²) in [5, 5.41) is 9.41. The first-order chi connectivity index (χ1) is 13.8. The zero-order valence-corrected chi connectivity index (χ0v) is 17.2. The number of carbonyl (C=O) groups is 1. The molecule has 0 atom stereocenters. The molecule has 2 aliphatic rings. The second-order valence-corrected chi connectivity index (χ2v) is 8.46. The van der Waals surface area contributed by atoms with Gasteiger partial charge in [-0.2, -0.15) is 0 Å². The maximum Gasteiger partial charge on any atom is 0.310 e. The number of nitrogens with zero attached hydrogens (tertiary/aromatic N) is 3. The monoisotopic (exact) mass is 393 g/mol. The van der Waals surface area contributed by atoms with Crippen LogP contribution in [0.4, 0.5) is 5.69 Å². The minimum Gasteiger partial charge on any atom is -0.481 e. The molecule has 0 saturated carbocycles. The number of rotatable bonds is 3. The predicted octanol–water partition coefficient (Wildman–Crippen LogP) is 3.91. The highest BCUT2D eigenvalue weighted by molar-refractivity contribution is 6.03. The lowest BCUT2D eigenvalue weighted by molar-refractivity contribution is -0.148. The van der Waals surface area contributed by atoms with Gasteiger partial charge < -0.3 is 14.7 Å². The number of carboxylic acid groups (broad SMARTS) is 1.